The van der Waals surface area contributed by atoms with E-state index >= 15 is 0 Å². The molecule has 0 aliphatic heterocycles. The first-order chi connectivity index (χ1) is 3.33. The van der Waals surface area contributed by atoms with Gasteiger partial charge in [-0.25, -0.2) is 0 Å². The Kier molecular flexibility index (Phi) is 1.74. The Morgan fingerprint density at radius 1 is 1.57 bits per heavy atom. The molecule has 1 heteroatoms. The maximum absolute atomic E-state index is 3.45. The minimum Gasteiger partial charge on any atom is -0.0925 e. The van der Waals surface area contributed by atoms with Crippen LogP contribution >= 0.6 is 15.9 Å². The van der Waals surface area contributed by atoms with E-state index in [0.717, 1.165) is 11.8 Å². The molecule has 0 atom stereocenters. The summed E-state index contributed by atoms with van der Waals surface area (Å²) in [6.45, 7) is 2.32. The van der Waals surface area contributed by atoms with Crippen LogP contribution < -0.4 is 0 Å². The van der Waals surface area contributed by atoms with Gasteiger partial charge in [-0.2, -0.15) is 0 Å². The van der Waals surface area contributed by atoms with Gasteiger partial charge in [0.25, 0.3) is 0 Å². The Balaban J connectivity index is 2.06. The molecule has 0 unspecified atom stereocenters. The molecule has 0 nitrogen and oxygen atoms in total. The molecule has 7 heavy (non-hydrogen) atoms. The first-order valence-electron chi connectivity index (χ1n) is 2.89. The molecular formula is C6H11Br. The highest BCUT2D eigenvalue weighted by molar-refractivity contribution is 9.09. The fraction of sp³-hybridized carbons (Fsp3) is 1.00. The zero-order valence-electron chi connectivity index (χ0n) is 4.65. The molecule has 1 rings (SSSR count). The van der Waals surface area contributed by atoms with E-state index in [0.29, 0.717) is 0 Å². The topological polar surface area (TPSA) is 0 Å². The predicted molar refractivity (Wildman–Crippen MR) is 35.7 cm³/mol. The quantitative estimate of drug-likeness (QED) is 0.520. The van der Waals surface area contributed by atoms with Gasteiger partial charge >= 0.3 is 0 Å². The minimum absolute atomic E-state index is 1.01. The van der Waals surface area contributed by atoms with Gasteiger partial charge in [-0.1, -0.05) is 22.9 Å². The van der Waals surface area contributed by atoms with Crippen molar-refractivity contribution in [1.82, 2.24) is 0 Å². The van der Waals surface area contributed by atoms with E-state index in [1.54, 1.807) is 0 Å². The van der Waals surface area contributed by atoms with E-state index in [1.165, 1.54) is 18.2 Å². The molecule has 0 N–H and O–H groups in total. The molecule has 0 aromatic rings. The van der Waals surface area contributed by atoms with Gasteiger partial charge < -0.3 is 0 Å². The summed E-state index contributed by atoms with van der Waals surface area (Å²) in [5.74, 6) is 2.03. The molecule has 0 radical (unpaired) electrons. The van der Waals surface area contributed by atoms with Crippen molar-refractivity contribution in [1.29, 1.82) is 0 Å². The van der Waals surface area contributed by atoms with Gasteiger partial charge in [-0.05, 0) is 24.7 Å². The molecule has 0 saturated heterocycles. The number of rotatable bonds is 1. The summed E-state index contributed by atoms with van der Waals surface area (Å²) in [5, 5.41) is 1.22. The Labute approximate surface area is 53.4 Å². The van der Waals surface area contributed by atoms with Crippen LogP contribution in [0.15, 0.2) is 0 Å². The normalized spacial score (nSPS) is 40.3. The van der Waals surface area contributed by atoms with Gasteiger partial charge in [0.1, 0.15) is 0 Å². The lowest BCUT2D eigenvalue weighted by Crippen LogP contribution is -2.21. The second kappa shape index (κ2) is 2.17. The average molecular weight is 163 g/mol. The lowest BCUT2D eigenvalue weighted by molar-refractivity contribution is 0.239. The first kappa shape index (κ1) is 5.61. The van der Waals surface area contributed by atoms with Crippen molar-refractivity contribution in [3.8, 4) is 0 Å². The van der Waals surface area contributed by atoms with E-state index in [9.17, 15) is 0 Å². The average Bonchev–Trinajstić information content (AvgIpc) is 1.58. The van der Waals surface area contributed by atoms with E-state index in [4.69, 9.17) is 0 Å². The summed E-state index contributed by atoms with van der Waals surface area (Å²) in [4.78, 5) is 0. The van der Waals surface area contributed by atoms with Gasteiger partial charge in [-0.15, -0.1) is 0 Å². The van der Waals surface area contributed by atoms with E-state index in [1.807, 2.05) is 0 Å². The summed E-state index contributed by atoms with van der Waals surface area (Å²) >= 11 is 3.45. The Morgan fingerprint density at radius 2 is 2.14 bits per heavy atom. The minimum atomic E-state index is 1.01. The molecule has 0 heterocycles. The van der Waals surface area contributed by atoms with Crippen LogP contribution in [0.3, 0.4) is 0 Å². The fourth-order valence-electron chi connectivity index (χ4n) is 1.20. The Bertz CT molecular complexity index is 55.2. The number of hydrogen-bond acceptors (Lipinski definition) is 0. The highest BCUT2D eigenvalue weighted by Gasteiger charge is 2.23. The zero-order chi connectivity index (χ0) is 5.28. The summed E-state index contributed by atoms with van der Waals surface area (Å²) < 4.78 is 0. The van der Waals surface area contributed by atoms with E-state index in [2.05, 4.69) is 22.9 Å². The van der Waals surface area contributed by atoms with Crippen molar-refractivity contribution in [3.63, 3.8) is 0 Å². The maximum Gasteiger partial charge on any atom is 0.00598 e. The van der Waals surface area contributed by atoms with Gasteiger partial charge in [0.15, 0.2) is 0 Å². The van der Waals surface area contributed by atoms with Crippen LogP contribution in [0.1, 0.15) is 19.8 Å². The Morgan fingerprint density at radius 3 is 2.29 bits per heavy atom. The van der Waals surface area contributed by atoms with Crippen molar-refractivity contribution >= 4 is 15.9 Å². The molecule has 0 aromatic heterocycles. The van der Waals surface area contributed by atoms with Crippen molar-refractivity contribution in [2.45, 2.75) is 19.8 Å². The van der Waals surface area contributed by atoms with E-state index in [-0.39, 0.29) is 0 Å². The number of alkyl halides is 1. The molecule has 0 spiro atoms. The second-order valence-corrected chi connectivity index (χ2v) is 3.24. The standard InChI is InChI=1S/C6H11Br/c1-5-2-6(3-5)4-7/h5-6H,2-4H2,1H3. The molecule has 0 amide bonds. The highest BCUT2D eigenvalue weighted by Crippen LogP contribution is 2.33. The summed E-state index contributed by atoms with van der Waals surface area (Å²) in [6.07, 6.45) is 2.90. The third-order valence-corrected chi connectivity index (χ3v) is 2.61. The molecular weight excluding hydrogens is 152 g/mol. The molecule has 0 aromatic carbocycles. The smallest absolute Gasteiger partial charge is 0.00598 e. The fourth-order valence-corrected chi connectivity index (χ4v) is 1.72. The van der Waals surface area contributed by atoms with Crippen LogP contribution in [-0.2, 0) is 0 Å². The summed E-state index contributed by atoms with van der Waals surface area (Å²) in [5.41, 5.74) is 0. The third-order valence-electron chi connectivity index (χ3n) is 1.69. The summed E-state index contributed by atoms with van der Waals surface area (Å²) in [7, 11) is 0. The zero-order valence-corrected chi connectivity index (χ0v) is 6.24. The SMILES string of the molecule is CC1CC(CBr)C1. The largest absolute Gasteiger partial charge is 0.0925 e. The lowest BCUT2D eigenvalue weighted by atomic mass is 9.78. The van der Waals surface area contributed by atoms with Gasteiger partial charge in [0.2, 0.25) is 0 Å². The molecule has 42 valence electrons. The summed E-state index contributed by atoms with van der Waals surface area (Å²) in [6, 6.07) is 0. The van der Waals surface area contributed by atoms with Gasteiger partial charge in [0.05, 0.1) is 0 Å². The van der Waals surface area contributed by atoms with Crippen LogP contribution in [0, 0.1) is 11.8 Å². The number of hydrogen-bond donors (Lipinski definition) is 0. The second-order valence-electron chi connectivity index (χ2n) is 2.60. The van der Waals surface area contributed by atoms with Gasteiger partial charge in [0, 0.05) is 5.33 Å². The molecule has 1 aliphatic rings. The van der Waals surface area contributed by atoms with Crippen molar-refractivity contribution < 1.29 is 0 Å². The van der Waals surface area contributed by atoms with Gasteiger partial charge in [-0.3, -0.25) is 0 Å². The van der Waals surface area contributed by atoms with Crippen LogP contribution in [0.4, 0.5) is 0 Å². The molecule has 1 aliphatic carbocycles. The molecule has 1 fully saturated rings. The van der Waals surface area contributed by atoms with Crippen LogP contribution in [0.25, 0.3) is 0 Å². The van der Waals surface area contributed by atoms with Crippen molar-refractivity contribution in [2.75, 3.05) is 5.33 Å². The molecule has 0 bridgehead atoms. The predicted octanol–water partition coefficient (Wildman–Crippen LogP) is 2.43. The van der Waals surface area contributed by atoms with Crippen molar-refractivity contribution in [2.24, 2.45) is 11.8 Å². The monoisotopic (exact) mass is 162 g/mol. The van der Waals surface area contributed by atoms with Crippen LogP contribution in [0.5, 0.6) is 0 Å². The van der Waals surface area contributed by atoms with E-state index < -0.39 is 0 Å². The third kappa shape index (κ3) is 1.18. The highest BCUT2D eigenvalue weighted by atomic mass is 79.9. The first-order valence-corrected chi connectivity index (χ1v) is 4.01. The Hall–Kier alpha value is 0.480. The maximum atomic E-state index is 3.45. The lowest BCUT2D eigenvalue weighted by Gasteiger charge is -2.30. The van der Waals surface area contributed by atoms with Crippen LogP contribution in [-0.4, -0.2) is 5.33 Å². The molecule has 1 saturated carbocycles. The number of halogens is 1. The van der Waals surface area contributed by atoms with Crippen LogP contribution in [0.2, 0.25) is 0 Å². The van der Waals surface area contributed by atoms with Crippen molar-refractivity contribution in [3.05, 3.63) is 0 Å².